The molecule has 0 fully saturated rings. The number of ether oxygens (including phenoxy) is 1. The van der Waals surface area contributed by atoms with Crippen molar-refractivity contribution in [2.24, 2.45) is 28.1 Å². The van der Waals surface area contributed by atoms with E-state index in [-0.39, 0.29) is 34.5 Å². The Balaban J connectivity index is 6.00. The lowest BCUT2D eigenvalue weighted by atomic mass is 9.63. The van der Waals surface area contributed by atoms with Crippen LogP contribution in [0.3, 0.4) is 0 Å². The van der Waals surface area contributed by atoms with E-state index in [1.807, 2.05) is 27.7 Å². The van der Waals surface area contributed by atoms with Crippen LogP contribution in [-0.2, 0) is 14.3 Å². The Kier molecular flexibility index (Phi) is 10.7. The predicted octanol–water partition coefficient (Wildman–Crippen LogP) is 6.56. The van der Waals surface area contributed by atoms with Gasteiger partial charge in [-0.05, 0) is 41.7 Å². The van der Waals surface area contributed by atoms with Gasteiger partial charge in [-0.15, -0.1) is 0 Å². The second-order valence-electron chi connectivity index (χ2n) is 11.2. The van der Waals surface area contributed by atoms with Crippen molar-refractivity contribution in [2.45, 2.75) is 68.2 Å². The summed E-state index contributed by atoms with van der Waals surface area (Å²) in [6.45, 7) is 24.0. The summed E-state index contributed by atoms with van der Waals surface area (Å²) in [5.74, 6) is -0.173. The standard InChI is InChI=1S/C27H45NO3/c1-13-15-17-21(16-14-2)31-23(29)22(26(7,8)9)18-20(3)27(10,19-25(4,5)6)24(30)28(11)12/h13-17,20,22H,1-2,18-19H2,3-12H3/b17-15-,21-16+. The maximum atomic E-state index is 13.2. The van der Waals surface area contributed by atoms with E-state index in [1.54, 1.807) is 49.4 Å². The number of allylic oxidation sites excluding steroid dienone is 5. The molecule has 0 aliphatic heterocycles. The van der Waals surface area contributed by atoms with E-state index in [0.717, 1.165) is 6.42 Å². The maximum absolute atomic E-state index is 13.2. The Morgan fingerprint density at radius 2 is 1.55 bits per heavy atom. The third kappa shape index (κ3) is 9.28. The van der Waals surface area contributed by atoms with Gasteiger partial charge in [-0.3, -0.25) is 9.59 Å². The van der Waals surface area contributed by atoms with Crippen LogP contribution >= 0.6 is 0 Å². The van der Waals surface area contributed by atoms with Crippen LogP contribution in [0.15, 0.2) is 49.3 Å². The van der Waals surface area contributed by atoms with Gasteiger partial charge in [0.2, 0.25) is 5.91 Å². The molecule has 4 nitrogen and oxygen atoms in total. The zero-order valence-electron chi connectivity index (χ0n) is 21.5. The molecule has 4 heteroatoms. The highest BCUT2D eigenvalue weighted by Gasteiger charge is 2.45. The van der Waals surface area contributed by atoms with E-state index in [2.05, 4.69) is 40.9 Å². The molecule has 3 atom stereocenters. The monoisotopic (exact) mass is 431 g/mol. The van der Waals surface area contributed by atoms with Gasteiger partial charge in [0.05, 0.1) is 5.92 Å². The summed E-state index contributed by atoms with van der Waals surface area (Å²) < 4.78 is 5.73. The number of carbonyl (C=O) groups excluding carboxylic acids is 2. The molecule has 0 aliphatic rings. The summed E-state index contributed by atoms with van der Waals surface area (Å²) in [5, 5.41) is 0. The SMILES string of the molecule is C=C/C=C\C(=C/C=C)OC(=O)C(CC(C)C(C)(CC(C)(C)C)C(=O)N(C)C)C(C)(C)C. The fourth-order valence-electron chi connectivity index (χ4n) is 4.08. The molecular formula is C27H45NO3. The van der Waals surface area contributed by atoms with Gasteiger partial charge in [0.15, 0.2) is 0 Å². The van der Waals surface area contributed by atoms with Crippen molar-refractivity contribution in [3.63, 3.8) is 0 Å². The average molecular weight is 432 g/mol. The predicted molar refractivity (Wildman–Crippen MR) is 131 cm³/mol. The largest absolute Gasteiger partial charge is 0.426 e. The van der Waals surface area contributed by atoms with Crippen molar-refractivity contribution >= 4 is 11.9 Å². The summed E-state index contributed by atoms with van der Waals surface area (Å²) in [4.78, 5) is 28.1. The minimum absolute atomic E-state index is 0.0195. The van der Waals surface area contributed by atoms with Crippen LogP contribution < -0.4 is 0 Å². The molecule has 0 saturated heterocycles. The van der Waals surface area contributed by atoms with Crippen molar-refractivity contribution < 1.29 is 14.3 Å². The van der Waals surface area contributed by atoms with Crippen molar-refractivity contribution in [1.82, 2.24) is 4.90 Å². The van der Waals surface area contributed by atoms with Crippen LogP contribution in [0.1, 0.15) is 68.2 Å². The van der Waals surface area contributed by atoms with Gasteiger partial charge < -0.3 is 9.64 Å². The lowest BCUT2D eigenvalue weighted by Crippen LogP contribution is -2.46. The Hall–Kier alpha value is -2.10. The molecule has 0 radical (unpaired) electrons. The van der Waals surface area contributed by atoms with Crippen LogP contribution in [0.2, 0.25) is 0 Å². The van der Waals surface area contributed by atoms with Crippen molar-refractivity contribution in [3.8, 4) is 0 Å². The summed E-state index contributed by atoms with van der Waals surface area (Å²) in [7, 11) is 3.59. The van der Waals surface area contributed by atoms with Crippen LogP contribution in [0.5, 0.6) is 0 Å². The number of hydrogen-bond acceptors (Lipinski definition) is 3. The van der Waals surface area contributed by atoms with Crippen LogP contribution in [0.4, 0.5) is 0 Å². The molecular weight excluding hydrogens is 386 g/mol. The Bertz CT molecular complexity index is 701. The summed E-state index contributed by atoms with van der Waals surface area (Å²) in [6.07, 6.45) is 9.55. The first kappa shape index (κ1) is 28.9. The van der Waals surface area contributed by atoms with Gasteiger partial charge in [0.1, 0.15) is 5.76 Å². The van der Waals surface area contributed by atoms with Crippen LogP contribution in [0.25, 0.3) is 0 Å². The molecule has 1 amide bonds. The fourth-order valence-corrected chi connectivity index (χ4v) is 4.08. The topological polar surface area (TPSA) is 46.6 Å². The van der Waals surface area contributed by atoms with Gasteiger partial charge in [-0.1, -0.05) is 86.8 Å². The lowest BCUT2D eigenvalue weighted by molar-refractivity contribution is -0.152. The quantitative estimate of drug-likeness (QED) is 0.223. The van der Waals surface area contributed by atoms with Gasteiger partial charge in [0, 0.05) is 19.5 Å². The summed E-state index contributed by atoms with van der Waals surface area (Å²) >= 11 is 0. The molecule has 31 heavy (non-hydrogen) atoms. The van der Waals surface area contributed by atoms with Gasteiger partial charge in [0.25, 0.3) is 0 Å². The minimum atomic E-state index is -0.589. The Morgan fingerprint density at radius 1 is 1.00 bits per heavy atom. The number of esters is 1. The smallest absolute Gasteiger partial charge is 0.314 e. The number of rotatable bonds is 10. The van der Waals surface area contributed by atoms with Crippen LogP contribution in [-0.4, -0.2) is 30.9 Å². The molecule has 0 aliphatic carbocycles. The molecule has 3 unspecified atom stereocenters. The highest BCUT2D eigenvalue weighted by atomic mass is 16.5. The second-order valence-corrected chi connectivity index (χ2v) is 11.2. The molecule has 0 aromatic rings. The highest BCUT2D eigenvalue weighted by molar-refractivity contribution is 5.82. The molecule has 0 N–H and O–H groups in total. The zero-order chi connectivity index (χ0) is 24.6. The second kappa shape index (κ2) is 11.5. The molecule has 0 heterocycles. The molecule has 0 rings (SSSR count). The number of hydrogen-bond donors (Lipinski definition) is 0. The highest BCUT2D eigenvalue weighted by Crippen LogP contribution is 2.45. The minimum Gasteiger partial charge on any atom is -0.426 e. The Morgan fingerprint density at radius 3 is 1.94 bits per heavy atom. The van der Waals surface area contributed by atoms with E-state index in [9.17, 15) is 9.59 Å². The third-order valence-corrected chi connectivity index (χ3v) is 5.70. The number of amides is 1. The molecule has 0 aromatic heterocycles. The number of carbonyl (C=O) groups is 2. The first-order valence-corrected chi connectivity index (χ1v) is 11.0. The summed E-state index contributed by atoms with van der Waals surface area (Å²) in [6, 6.07) is 0. The fraction of sp³-hybridized carbons (Fsp3) is 0.630. The molecule has 0 spiro atoms. The van der Waals surface area contributed by atoms with Gasteiger partial charge >= 0.3 is 5.97 Å². The van der Waals surface area contributed by atoms with Crippen molar-refractivity contribution in [1.29, 1.82) is 0 Å². The normalized spacial score (nSPS) is 16.9. The zero-order valence-corrected chi connectivity index (χ0v) is 21.5. The Labute approximate surface area is 191 Å². The third-order valence-electron chi connectivity index (χ3n) is 5.70. The van der Waals surface area contributed by atoms with E-state index in [1.165, 1.54) is 0 Å². The molecule has 176 valence electrons. The first-order valence-electron chi connectivity index (χ1n) is 11.0. The molecule has 0 saturated carbocycles. The van der Waals surface area contributed by atoms with Crippen molar-refractivity contribution in [3.05, 3.63) is 49.3 Å². The van der Waals surface area contributed by atoms with Crippen molar-refractivity contribution in [2.75, 3.05) is 14.1 Å². The lowest BCUT2D eigenvalue weighted by Gasteiger charge is -2.43. The maximum Gasteiger partial charge on any atom is 0.314 e. The summed E-state index contributed by atoms with van der Waals surface area (Å²) in [5.41, 5.74) is -0.938. The average Bonchev–Trinajstić information content (AvgIpc) is 2.60. The van der Waals surface area contributed by atoms with E-state index < -0.39 is 5.41 Å². The number of nitrogens with zero attached hydrogens (tertiary/aromatic N) is 1. The van der Waals surface area contributed by atoms with E-state index >= 15 is 0 Å². The van der Waals surface area contributed by atoms with E-state index in [0.29, 0.717) is 12.2 Å². The molecule has 0 aromatic carbocycles. The van der Waals surface area contributed by atoms with Gasteiger partial charge in [-0.25, -0.2) is 0 Å². The molecule has 0 bridgehead atoms. The first-order chi connectivity index (χ1) is 14.0. The van der Waals surface area contributed by atoms with E-state index in [4.69, 9.17) is 4.74 Å². The van der Waals surface area contributed by atoms with Gasteiger partial charge in [-0.2, -0.15) is 0 Å². The van der Waals surface area contributed by atoms with Crippen LogP contribution in [0, 0.1) is 28.1 Å².